The lowest BCUT2D eigenvalue weighted by Crippen LogP contribution is -2.30. The SMILES string of the molecule is O=C(c1ccco1)N1CCCC1c1nc2cc(-c3cccc(F)c3)ccc2o1. The number of hydrogen-bond acceptors (Lipinski definition) is 4. The van der Waals surface area contributed by atoms with E-state index in [-0.39, 0.29) is 17.8 Å². The second-order valence-corrected chi connectivity index (χ2v) is 6.88. The van der Waals surface area contributed by atoms with Gasteiger partial charge in [0.1, 0.15) is 17.4 Å². The van der Waals surface area contributed by atoms with Crippen molar-refractivity contribution in [1.29, 1.82) is 0 Å². The minimum absolute atomic E-state index is 0.157. The maximum absolute atomic E-state index is 13.5. The van der Waals surface area contributed by atoms with Crippen molar-refractivity contribution in [3.63, 3.8) is 0 Å². The van der Waals surface area contributed by atoms with Crippen molar-refractivity contribution in [1.82, 2.24) is 9.88 Å². The molecule has 0 N–H and O–H groups in total. The Morgan fingerprint density at radius 3 is 2.82 bits per heavy atom. The molecule has 4 aromatic rings. The highest BCUT2D eigenvalue weighted by molar-refractivity contribution is 5.92. The Hall–Kier alpha value is -3.41. The zero-order valence-corrected chi connectivity index (χ0v) is 15.0. The lowest BCUT2D eigenvalue weighted by Gasteiger charge is -2.20. The molecule has 1 saturated heterocycles. The fraction of sp³-hybridized carbons (Fsp3) is 0.182. The van der Waals surface area contributed by atoms with Gasteiger partial charge in [0.05, 0.1) is 6.26 Å². The highest BCUT2D eigenvalue weighted by atomic mass is 19.1. The number of oxazole rings is 1. The zero-order chi connectivity index (χ0) is 19.1. The third-order valence-electron chi connectivity index (χ3n) is 5.09. The van der Waals surface area contributed by atoms with Crippen molar-refractivity contribution >= 4 is 17.0 Å². The summed E-state index contributed by atoms with van der Waals surface area (Å²) in [6.07, 6.45) is 3.16. The molecule has 0 bridgehead atoms. The normalized spacial score (nSPS) is 16.8. The van der Waals surface area contributed by atoms with E-state index in [1.807, 2.05) is 24.3 Å². The Morgan fingerprint density at radius 1 is 1.11 bits per heavy atom. The van der Waals surface area contributed by atoms with Crippen molar-refractivity contribution in [2.45, 2.75) is 18.9 Å². The van der Waals surface area contributed by atoms with Crippen LogP contribution in [0.4, 0.5) is 4.39 Å². The molecule has 0 aliphatic carbocycles. The average Bonchev–Trinajstić information content (AvgIpc) is 3.46. The lowest BCUT2D eigenvalue weighted by molar-refractivity contribution is 0.0684. The van der Waals surface area contributed by atoms with E-state index >= 15 is 0 Å². The number of halogens is 1. The number of carbonyl (C=O) groups excluding carboxylic acids is 1. The predicted molar refractivity (Wildman–Crippen MR) is 101 cm³/mol. The number of nitrogens with zero attached hydrogens (tertiary/aromatic N) is 2. The molecule has 6 heteroatoms. The molecular weight excluding hydrogens is 359 g/mol. The molecule has 2 aromatic carbocycles. The van der Waals surface area contributed by atoms with Gasteiger partial charge in [-0.05, 0) is 60.4 Å². The summed E-state index contributed by atoms with van der Waals surface area (Å²) in [6, 6.07) is 15.2. The van der Waals surface area contributed by atoms with Crippen molar-refractivity contribution in [3.8, 4) is 11.1 Å². The van der Waals surface area contributed by atoms with Gasteiger partial charge in [-0.3, -0.25) is 4.79 Å². The molecule has 28 heavy (non-hydrogen) atoms. The summed E-state index contributed by atoms with van der Waals surface area (Å²) in [7, 11) is 0. The summed E-state index contributed by atoms with van der Waals surface area (Å²) in [4.78, 5) is 19.1. The van der Waals surface area contributed by atoms with Crippen molar-refractivity contribution in [3.05, 3.63) is 78.3 Å². The minimum Gasteiger partial charge on any atom is -0.459 e. The van der Waals surface area contributed by atoms with Gasteiger partial charge >= 0.3 is 0 Å². The Labute approximate surface area is 160 Å². The van der Waals surface area contributed by atoms with Crippen molar-refractivity contribution < 1.29 is 18.0 Å². The van der Waals surface area contributed by atoms with E-state index in [4.69, 9.17) is 8.83 Å². The molecule has 1 amide bonds. The first-order chi connectivity index (χ1) is 13.7. The van der Waals surface area contributed by atoms with E-state index in [9.17, 15) is 9.18 Å². The Morgan fingerprint density at radius 2 is 2.00 bits per heavy atom. The molecule has 140 valence electrons. The first kappa shape index (κ1) is 16.7. The van der Waals surface area contributed by atoms with E-state index in [1.54, 1.807) is 23.1 Å². The van der Waals surface area contributed by atoms with Gasteiger partial charge in [-0.1, -0.05) is 18.2 Å². The third kappa shape index (κ3) is 2.87. The first-order valence-corrected chi connectivity index (χ1v) is 9.20. The summed E-state index contributed by atoms with van der Waals surface area (Å²) in [5.74, 6) is 0.395. The molecule has 5 rings (SSSR count). The molecule has 1 fully saturated rings. The monoisotopic (exact) mass is 376 g/mol. The van der Waals surface area contributed by atoms with Crippen LogP contribution < -0.4 is 0 Å². The van der Waals surface area contributed by atoms with Crippen LogP contribution in [0, 0.1) is 5.82 Å². The lowest BCUT2D eigenvalue weighted by atomic mass is 10.1. The molecule has 1 aliphatic heterocycles. The highest BCUT2D eigenvalue weighted by Gasteiger charge is 2.35. The maximum atomic E-state index is 13.5. The molecular formula is C22H17FN2O3. The number of aromatic nitrogens is 1. The molecule has 2 aromatic heterocycles. The van der Waals surface area contributed by atoms with Crippen LogP contribution in [0.1, 0.15) is 35.3 Å². The van der Waals surface area contributed by atoms with E-state index in [2.05, 4.69) is 4.98 Å². The van der Waals surface area contributed by atoms with Crippen LogP contribution in [0.3, 0.4) is 0 Å². The van der Waals surface area contributed by atoms with E-state index in [0.29, 0.717) is 29.3 Å². The van der Waals surface area contributed by atoms with Crippen LogP contribution in [-0.2, 0) is 0 Å². The minimum atomic E-state index is -0.281. The van der Waals surface area contributed by atoms with Crippen LogP contribution in [-0.4, -0.2) is 22.3 Å². The van der Waals surface area contributed by atoms with Crippen LogP contribution in [0.5, 0.6) is 0 Å². The number of benzene rings is 2. The van der Waals surface area contributed by atoms with Gasteiger partial charge in [-0.25, -0.2) is 9.37 Å². The molecule has 3 heterocycles. The maximum Gasteiger partial charge on any atom is 0.290 e. The third-order valence-corrected chi connectivity index (χ3v) is 5.09. The van der Waals surface area contributed by atoms with Gasteiger partial charge in [0.2, 0.25) is 5.89 Å². The smallest absolute Gasteiger partial charge is 0.290 e. The first-order valence-electron chi connectivity index (χ1n) is 9.20. The molecule has 1 aliphatic rings. The van der Waals surface area contributed by atoms with E-state index in [0.717, 1.165) is 24.0 Å². The number of hydrogen-bond donors (Lipinski definition) is 0. The number of furan rings is 1. The molecule has 0 saturated carbocycles. The van der Waals surface area contributed by atoms with Crippen LogP contribution in [0.2, 0.25) is 0 Å². The second-order valence-electron chi connectivity index (χ2n) is 6.88. The molecule has 0 spiro atoms. The Bertz CT molecular complexity index is 1150. The summed E-state index contributed by atoms with van der Waals surface area (Å²) in [5, 5.41) is 0. The fourth-order valence-corrected chi connectivity index (χ4v) is 3.74. The predicted octanol–water partition coefficient (Wildman–Crippen LogP) is 5.20. The number of rotatable bonds is 3. The molecule has 0 radical (unpaired) electrons. The largest absolute Gasteiger partial charge is 0.459 e. The summed E-state index contributed by atoms with van der Waals surface area (Å²) in [6.45, 7) is 0.636. The second kappa shape index (κ2) is 6.64. The zero-order valence-electron chi connectivity index (χ0n) is 15.0. The van der Waals surface area contributed by atoms with E-state index < -0.39 is 0 Å². The standard InChI is InChI=1S/C22H17FN2O3/c23-16-5-1-4-14(12-16)15-8-9-19-17(13-15)24-21(28-19)18-6-2-10-25(18)22(26)20-7-3-11-27-20/h1,3-5,7-9,11-13,18H,2,6,10H2. The van der Waals surface area contributed by atoms with Gasteiger partial charge in [0.25, 0.3) is 5.91 Å². The van der Waals surface area contributed by atoms with Gasteiger partial charge in [-0.15, -0.1) is 0 Å². The van der Waals surface area contributed by atoms with Crippen LogP contribution >= 0.6 is 0 Å². The summed E-state index contributed by atoms with van der Waals surface area (Å²) >= 11 is 0. The fourth-order valence-electron chi connectivity index (χ4n) is 3.74. The van der Waals surface area contributed by atoms with Crippen molar-refractivity contribution in [2.75, 3.05) is 6.54 Å². The number of amides is 1. The number of fused-ring (bicyclic) bond motifs is 1. The quantitative estimate of drug-likeness (QED) is 0.493. The van der Waals surface area contributed by atoms with Gasteiger partial charge in [-0.2, -0.15) is 0 Å². The highest BCUT2D eigenvalue weighted by Crippen LogP contribution is 2.35. The topological polar surface area (TPSA) is 59.5 Å². The number of likely N-dealkylation sites (tertiary alicyclic amines) is 1. The van der Waals surface area contributed by atoms with Gasteiger partial charge in [0.15, 0.2) is 11.3 Å². The summed E-state index contributed by atoms with van der Waals surface area (Å²) < 4.78 is 24.7. The van der Waals surface area contributed by atoms with Crippen molar-refractivity contribution in [2.24, 2.45) is 0 Å². The van der Waals surface area contributed by atoms with Gasteiger partial charge in [0, 0.05) is 6.54 Å². The molecule has 5 nitrogen and oxygen atoms in total. The van der Waals surface area contributed by atoms with Crippen LogP contribution in [0.15, 0.2) is 69.7 Å². The van der Waals surface area contributed by atoms with Crippen LogP contribution in [0.25, 0.3) is 22.2 Å². The average molecular weight is 376 g/mol. The molecule has 1 unspecified atom stereocenters. The molecule has 1 atom stereocenters. The number of carbonyl (C=O) groups is 1. The summed E-state index contributed by atoms with van der Waals surface area (Å²) in [5.41, 5.74) is 2.98. The Balaban J connectivity index is 1.48. The van der Waals surface area contributed by atoms with E-state index in [1.165, 1.54) is 18.4 Å². The van der Waals surface area contributed by atoms with Gasteiger partial charge < -0.3 is 13.7 Å². The Kier molecular flexibility index (Phi) is 3.97.